The summed E-state index contributed by atoms with van der Waals surface area (Å²) in [6.45, 7) is 3.45. The highest BCUT2D eigenvalue weighted by atomic mass is 32.2. The van der Waals surface area contributed by atoms with Gasteiger partial charge < -0.3 is 4.90 Å². The van der Waals surface area contributed by atoms with Crippen LogP contribution in [-0.4, -0.2) is 30.6 Å². The molecule has 9 heteroatoms. The van der Waals surface area contributed by atoms with Crippen molar-refractivity contribution in [2.75, 3.05) is 9.62 Å². The Morgan fingerprint density at radius 3 is 2.86 bits per heavy atom. The first-order valence-electron chi connectivity index (χ1n) is 6.60. The van der Waals surface area contributed by atoms with Crippen molar-refractivity contribution in [1.29, 1.82) is 0 Å². The van der Waals surface area contributed by atoms with Crippen LogP contribution in [0.5, 0.6) is 0 Å². The van der Waals surface area contributed by atoms with Gasteiger partial charge in [-0.15, -0.1) is 10.2 Å². The molecular formula is C13H14N4O3S2. The van der Waals surface area contributed by atoms with E-state index in [0.717, 1.165) is 22.6 Å². The molecule has 1 aliphatic heterocycles. The number of sulfonamides is 1. The molecule has 1 atom stereocenters. The molecule has 2 heterocycles. The van der Waals surface area contributed by atoms with Gasteiger partial charge in [-0.1, -0.05) is 11.3 Å². The van der Waals surface area contributed by atoms with Crippen molar-refractivity contribution >= 4 is 38.1 Å². The average Bonchev–Trinajstić information content (AvgIpc) is 3.03. The summed E-state index contributed by atoms with van der Waals surface area (Å²) in [5, 5.41) is 7.49. The zero-order chi connectivity index (χ0) is 15.9. The van der Waals surface area contributed by atoms with E-state index in [-0.39, 0.29) is 22.0 Å². The minimum Gasteiger partial charge on any atom is -0.309 e. The summed E-state index contributed by atoms with van der Waals surface area (Å²) in [7, 11) is -3.71. The van der Waals surface area contributed by atoms with Gasteiger partial charge in [-0.05, 0) is 37.1 Å². The van der Waals surface area contributed by atoms with Crippen molar-refractivity contribution in [3.05, 3.63) is 29.3 Å². The lowest BCUT2D eigenvalue weighted by atomic mass is 10.1. The first-order chi connectivity index (χ1) is 10.4. The highest BCUT2D eigenvalue weighted by molar-refractivity contribution is 7.93. The molecule has 0 saturated heterocycles. The van der Waals surface area contributed by atoms with Gasteiger partial charge in [-0.2, -0.15) is 0 Å². The molecule has 1 unspecified atom stereocenters. The van der Waals surface area contributed by atoms with Gasteiger partial charge >= 0.3 is 0 Å². The summed E-state index contributed by atoms with van der Waals surface area (Å²) in [5.74, 6) is -0.0474. The molecule has 1 N–H and O–H groups in total. The number of carbonyl (C=O) groups excluding carboxylic acids is 1. The van der Waals surface area contributed by atoms with Crippen molar-refractivity contribution in [1.82, 2.24) is 10.2 Å². The van der Waals surface area contributed by atoms with E-state index in [1.54, 1.807) is 17.0 Å². The van der Waals surface area contributed by atoms with Crippen LogP contribution in [0.15, 0.2) is 28.6 Å². The molecule has 7 nitrogen and oxygen atoms in total. The lowest BCUT2D eigenvalue weighted by Gasteiger charge is -2.20. The molecule has 0 spiro atoms. The van der Waals surface area contributed by atoms with Gasteiger partial charge in [0.2, 0.25) is 11.0 Å². The number of hydrogen-bond donors (Lipinski definition) is 1. The number of nitrogens with zero attached hydrogens (tertiary/aromatic N) is 3. The molecule has 0 saturated carbocycles. The maximum absolute atomic E-state index is 12.3. The molecule has 2 aromatic rings. The number of benzene rings is 1. The minimum atomic E-state index is -3.71. The van der Waals surface area contributed by atoms with Gasteiger partial charge in [0.15, 0.2) is 0 Å². The normalized spacial score (nSPS) is 17.4. The molecule has 1 aromatic carbocycles. The largest absolute Gasteiger partial charge is 0.309 e. The Labute approximate surface area is 132 Å². The molecule has 0 aliphatic carbocycles. The number of carbonyl (C=O) groups is 1. The Balaban J connectivity index is 1.95. The molecule has 0 radical (unpaired) electrons. The van der Waals surface area contributed by atoms with Crippen LogP contribution < -0.4 is 9.62 Å². The summed E-state index contributed by atoms with van der Waals surface area (Å²) >= 11 is 1.11. The van der Waals surface area contributed by atoms with E-state index in [2.05, 4.69) is 14.9 Å². The molecule has 0 bridgehead atoms. The Morgan fingerprint density at radius 2 is 2.23 bits per heavy atom. The number of nitrogens with one attached hydrogen (secondary N) is 1. The summed E-state index contributed by atoms with van der Waals surface area (Å²) in [6.07, 6.45) is 0.636. The maximum Gasteiger partial charge on any atom is 0.263 e. The van der Waals surface area contributed by atoms with Gasteiger partial charge in [-0.3, -0.25) is 9.52 Å². The van der Waals surface area contributed by atoms with Gasteiger partial charge in [0.25, 0.3) is 10.0 Å². The molecule has 1 aromatic heterocycles. The summed E-state index contributed by atoms with van der Waals surface area (Å²) in [5.41, 5.74) is 3.07. The van der Waals surface area contributed by atoms with E-state index in [0.29, 0.717) is 6.42 Å². The number of aromatic nitrogens is 2. The van der Waals surface area contributed by atoms with E-state index in [4.69, 9.17) is 0 Å². The summed E-state index contributed by atoms with van der Waals surface area (Å²) in [6, 6.07) is 4.81. The predicted molar refractivity (Wildman–Crippen MR) is 83.5 cm³/mol. The molecule has 0 fully saturated rings. The van der Waals surface area contributed by atoms with E-state index >= 15 is 0 Å². The topological polar surface area (TPSA) is 92.3 Å². The fourth-order valence-electron chi connectivity index (χ4n) is 2.65. The van der Waals surface area contributed by atoms with Gasteiger partial charge in [-0.25, -0.2) is 8.42 Å². The van der Waals surface area contributed by atoms with E-state index in [1.807, 2.05) is 6.92 Å². The fraction of sp³-hybridized carbons (Fsp3) is 0.308. The fourth-order valence-corrected chi connectivity index (χ4v) is 4.39. The van der Waals surface area contributed by atoms with Crippen LogP contribution in [0.3, 0.4) is 0 Å². The maximum atomic E-state index is 12.3. The minimum absolute atomic E-state index is 0.0292. The molecule has 3 rings (SSSR count). The molecular weight excluding hydrogens is 324 g/mol. The molecule has 116 valence electrons. The van der Waals surface area contributed by atoms with Crippen molar-refractivity contribution in [3.63, 3.8) is 0 Å². The van der Waals surface area contributed by atoms with E-state index < -0.39 is 10.0 Å². The monoisotopic (exact) mass is 338 g/mol. The molecule has 1 aliphatic rings. The molecule has 1 amide bonds. The zero-order valence-electron chi connectivity index (χ0n) is 12.0. The van der Waals surface area contributed by atoms with Crippen LogP contribution in [-0.2, 0) is 21.2 Å². The highest BCUT2D eigenvalue weighted by Gasteiger charge is 2.30. The van der Waals surface area contributed by atoms with Crippen molar-refractivity contribution in [3.8, 4) is 0 Å². The zero-order valence-corrected chi connectivity index (χ0v) is 13.6. The quantitative estimate of drug-likeness (QED) is 0.918. The molecule has 22 heavy (non-hydrogen) atoms. The van der Waals surface area contributed by atoms with Gasteiger partial charge in [0.1, 0.15) is 5.51 Å². The van der Waals surface area contributed by atoms with Crippen LogP contribution in [0.25, 0.3) is 0 Å². The number of amides is 1. The summed E-state index contributed by atoms with van der Waals surface area (Å²) in [4.78, 5) is 13.5. The second-order valence-electron chi connectivity index (χ2n) is 5.08. The van der Waals surface area contributed by atoms with Gasteiger partial charge in [0.05, 0.1) is 4.90 Å². The van der Waals surface area contributed by atoms with Crippen LogP contribution in [0.1, 0.15) is 19.4 Å². The Kier molecular flexibility index (Phi) is 3.61. The summed E-state index contributed by atoms with van der Waals surface area (Å²) < 4.78 is 27.1. The van der Waals surface area contributed by atoms with E-state index in [9.17, 15) is 13.2 Å². The highest BCUT2D eigenvalue weighted by Crippen LogP contribution is 2.34. The first kappa shape index (κ1) is 14.9. The SMILES string of the molecule is CC(=O)N1c2ccc(S(=O)(=O)Nc3nncs3)cc2CC1C. The lowest BCUT2D eigenvalue weighted by Crippen LogP contribution is -2.33. The van der Waals surface area contributed by atoms with Crippen LogP contribution in [0.2, 0.25) is 0 Å². The lowest BCUT2D eigenvalue weighted by molar-refractivity contribution is -0.116. The van der Waals surface area contributed by atoms with Crippen molar-refractivity contribution in [2.24, 2.45) is 0 Å². The third-order valence-electron chi connectivity index (χ3n) is 3.50. The smallest absolute Gasteiger partial charge is 0.263 e. The number of fused-ring (bicyclic) bond motifs is 1. The van der Waals surface area contributed by atoms with Crippen molar-refractivity contribution < 1.29 is 13.2 Å². The second-order valence-corrected chi connectivity index (χ2v) is 7.60. The Hall–Kier alpha value is -2.00. The van der Waals surface area contributed by atoms with Gasteiger partial charge in [0, 0.05) is 18.7 Å². The number of hydrogen-bond acceptors (Lipinski definition) is 6. The van der Waals surface area contributed by atoms with E-state index in [1.165, 1.54) is 18.5 Å². The van der Waals surface area contributed by atoms with Crippen LogP contribution in [0.4, 0.5) is 10.8 Å². The van der Waals surface area contributed by atoms with Crippen molar-refractivity contribution in [2.45, 2.75) is 31.2 Å². The Morgan fingerprint density at radius 1 is 1.45 bits per heavy atom. The first-order valence-corrected chi connectivity index (χ1v) is 8.96. The van der Waals surface area contributed by atoms with Crippen LogP contribution >= 0.6 is 11.3 Å². The third kappa shape index (κ3) is 2.57. The number of rotatable bonds is 3. The Bertz CT molecular complexity index is 818. The van der Waals surface area contributed by atoms with Crippen LogP contribution in [0, 0.1) is 0 Å². The standard InChI is InChI=1S/C13H14N4O3S2/c1-8-5-10-6-11(3-4-12(10)17(8)9(2)18)22(19,20)16-13-15-14-7-21-13/h3-4,6-8H,5H2,1-2H3,(H,15,16). The number of anilines is 2. The second kappa shape index (κ2) is 5.33. The third-order valence-corrected chi connectivity index (χ3v) is 5.57. The predicted octanol–water partition coefficient (Wildman–Crippen LogP) is 1.64. The average molecular weight is 338 g/mol.